The predicted molar refractivity (Wildman–Crippen MR) is 94.3 cm³/mol. The lowest BCUT2D eigenvalue weighted by atomic mass is 9.84. The van der Waals surface area contributed by atoms with Gasteiger partial charge in [-0.3, -0.25) is 0 Å². The molecule has 2 atom stereocenters. The van der Waals surface area contributed by atoms with Crippen LogP contribution in [0.4, 0.5) is 0 Å². The molecule has 6 nitrogen and oxygen atoms in total. The molecule has 1 aromatic heterocycles. The first kappa shape index (κ1) is 17.5. The number of nitrogens with zero attached hydrogens (tertiary/aromatic N) is 4. The summed E-state index contributed by atoms with van der Waals surface area (Å²) in [6, 6.07) is 0.506. The van der Waals surface area contributed by atoms with Gasteiger partial charge in [-0.15, -0.1) is 16.8 Å². The number of hydrogen-bond acceptors (Lipinski definition) is 3. The van der Waals surface area contributed by atoms with Crippen LogP contribution in [0.2, 0.25) is 0 Å². The standard InChI is InChI=1S/C17H30N6/c1-5-10-18-17(19-12-16-22-21-13(3)23(16)4)20-15-9-7-8-14(6-2)11-15/h5,14-15H,1,6-12H2,2-4H3,(H2,18,19,20). The molecule has 0 amide bonds. The van der Waals surface area contributed by atoms with E-state index in [1.807, 2.05) is 24.6 Å². The zero-order valence-electron chi connectivity index (χ0n) is 14.7. The Bertz CT molecular complexity index is 533. The zero-order chi connectivity index (χ0) is 16.7. The van der Waals surface area contributed by atoms with Crippen LogP contribution in [-0.4, -0.2) is 33.3 Å². The Kier molecular flexibility index (Phi) is 6.62. The molecular weight excluding hydrogens is 288 g/mol. The third kappa shape index (κ3) is 5.08. The highest BCUT2D eigenvalue weighted by Gasteiger charge is 2.21. The van der Waals surface area contributed by atoms with Crippen molar-refractivity contribution in [2.75, 3.05) is 6.54 Å². The number of nitrogens with one attached hydrogen (secondary N) is 2. The Morgan fingerprint density at radius 2 is 2.26 bits per heavy atom. The monoisotopic (exact) mass is 318 g/mol. The fraction of sp³-hybridized carbons (Fsp3) is 0.706. The normalized spacial score (nSPS) is 22.0. The smallest absolute Gasteiger partial charge is 0.192 e. The van der Waals surface area contributed by atoms with Crippen molar-refractivity contribution in [3.8, 4) is 0 Å². The Morgan fingerprint density at radius 3 is 2.91 bits per heavy atom. The number of aliphatic imine (C=N–C) groups is 1. The van der Waals surface area contributed by atoms with Crippen LogP contribution in [0, 0.1) is 12.8 Å². The average molecular weight is 318 g/mol. The van der Waals surface area contributed by atoms with E-state index in [1.54, 1.807) is 0 Å². The van der Waals surface area contributed by atoms with Gasteiger partial charge in [-0.2, -0.15) is 0 Å². The van der Waals surface area contributed by atoms with Gasteiger partial charge in [-0.1, -0.05) is 32.3 Å². The van der Waals surface area contributed by atoms with Crippen LogP contribution >= 0.6 is 0 Å². The van der Waals surface area contributed by atoms with E-state index >= 15 is 0 Å². The van der Waals surface area contributed by atoms with Gasteiger partial charge in [0.2, 0.25) is 0 Å². The van der Waals surface area contributed by atoms with Gasteiger partial charge in [0.25, 0.3) is 0 Å². The van der Waals surface area contributed by atoms with E-state index in [9.17, 15) is 0 Å². The van der Waals surface area contributed by atoms with Gasteiger partial charge in [-0.25, -0.2) is 4.99 Å². The predicted octanol–water partition coefficient (Wildman–Crippen LogP) is 2.31. The van der Waals surface area contributed by atoms with Crippen LogP contribution in [0.1, 0.15) is 50.7 Å². The molecule has 0 bridgehead atoms. The third-order valence-corrected chi connectivity index (χ3v) is 4.68. The van der Waals surface area contributed by atoms with Crippen LogP contribution in [-0.2, 0) is 13.6 Å². The van der Waals surface area contributed by atoms with Crippen molar-refractivity contribution in [1.82, 2.24) is 25.4 Å². The lowest BCUT2D eigenvalue weighted by molar-refractivity contribution is 0.298. The van der Waals surface area contributed by atoms with Crippen molar-refractivity contribution < 1.29 is 0 Å². The van der Waals surface area contributed by atoms with Crippen molar-refractivity contribution in [3.05, 3.63) is 24.3 Å². The fourth-order valence-corrected chi connectivity index (χ4v) is 3.05. The third-order valence-electron chi connectivity index (χ3n) is 4.68. The summed E-state index contributed by atoms with van der Waals surface area (Å²) in [5.74, 6) is 3.45. The Morgan fingerprint density at radius 1 is 1.43 bits per heavy atom. The quantitative estimate of drug-likeness (QED) is 0.480. The molecule has 1 aliphatic carbocycles. The lowest BCUT2D eigenvalue weighted by Crippen LogP contribution is -2.45. The number of aryl methyl sites for hydroxylation is 1. The summed E-state index contributed by atoms with van der Waals surface area (Å²) in [6.07, 6.45) is 8.22. The van der Waals surface area contributed by atoms with Crippen LogP contribution in [0.3, 0.4) is 0 Å². The van der Waals surface area contributed by atoms with Crippen molar-refractivity contribution in [2.24, 2.45) is 18.0 Å². The summed E-state index contributed by atoms with van der Waals surface area (Å²) >= 11 is 0. The molecule has 1 aromatic rings. The molecule has 2 rings (SSSR count). The molecule has 1 fully saturated rings. The van der Waals surface area contributed by atoms with E-state index in [0.29, 0.717) is 19.1 Å². The van der Waals surface area contributed by atoms with Gasteiger partial charge in [0.05, 0.1) is 0 Å². The molecule has 2 N–H and O–H groups in total. The van der Waals surface area contributed by atoms with Gasteiger partial charge in [-0.05, 0) is 25.7 Å². The van der Waals surface area contributed by atoms with Crippen molar-refractivity contribution in [1.29, 1.82) is 0 Å². The SMILES string of the molecule is C=CCNC(=NCc1nnc(C)n1C)NC1CCCC(CC)C1. The molecule has 2 unspecified atom stereocenters. The van der Waals surface area contributed by atoms with Gasteiger partial charge in [0.1, 0.15) is 12.4 Å². The molecule has 6 heteroatoms. The number of hydrogen-bond donors (Lipinski definition) is 2. The first-order valence-corrected chi connectivity index (χ1v) is 8.64. The second-order valence-corrected chi connectivity index (χ2v) is 6.34. The van der Waals surface area contributed by atoms with E-state index in [4.69, 9.17) is 0 Å². The number of rotatable bonds is 6. The Balaban J connectivity index is 1.99. The minimum atomic E-state index is 0.506. The molecule has 23 heavy (non-hydrogen) atoms. The maximum atomic E-state index is 4.67. The first-order chi connectivity index (χ1) is 11.1. The second kappa shape index (κ2) is 8.70. The van der Waals surface area contributed by atoms with E-state index in [1.165, 1.54) is 32.1 Å². The summed E-state index contributed by atoms with van der Waals surface area (Å²) in [6.45, 7) is 9.23. The highest BCUT2D eigenvalue weighted by Crippen LogP contribution is 2.26. The van der Waals surface area contributed by atoms with E-state index in [-0.39, 0.29) is 0 Å². The lowest BCUT2D eigenvalue weighted by Gasteiger charge is -2.30. The summed E-state index contributed by atoms with van der Waals surface area (Å²) < 4.78 is 1.97. The van der Waals surface area contributed by atoms with Crippen LogP contribution < -0.4 is 10.6 Å². The fourth-order valence-electron chi connectivity index (χ4n) is 3.05. The molecule has 0 spiro atoms. The molecule has 0 radical (unpaired) electrons. The van der Waals surface area contributed by atoms with E-state index in [2.05, 4.69) is 39.3 Å². The maximum Gasteiger partial charge on any atom is 0.192 e. The van der Waals surface area contributed by atoms with E-state index < -0.39 is 0 Å². The van der Waals surface area contributed by atoms with Gasteiger partial charge >= 0.3 is 0 Å². The summed E-state index contributed by atoms with van der Waals surface area (Å²) in [5, 5.41) is 15.1. The molecule has 0 aliphatic heterocycles. The van der Waals surface area contributed by atoms with E-state index in [0.717, 1.165) is 23.5 Å². The average Bonchev–Trinajstić information content (AvgIpc) is 2.89. The second-order valence-electron chi connectivity index (χ2n) is 6.34. The molecule has 1 saturated carbocycles. The highest BCUT2D eigenvalue weighted by atomic mass is 15.3. The van der Waals surface area contributed by atoms with Crippen molar-refractivity contribution in [3.63, 3.8) is 0 Å². The largest absolute Gasteiger partial charge is 0.354 e. The van der Waals surface area contributed by atoms with Crippen molar-refractivity contribution in [2.45, 2.75) is 58.5 Å². The minimum absolute atomic E-state index is 0.506. The topological polar surface area (TPSA) is 67.1 Å². The number of guanidine groups is 1. The molecular formula is C17H30N6. The summed E-state index contributed by atoms with van der Waals surface area (Å²) in [5.41, 5.74) is 0. The van der Waals surface area contributed by atoms with Gasteiger partial charge in [0, 0.05) is 19.6 Å². The molecule has 0 saturated heterocycles. The Labute approximate surface area is 139 Å². The van der Waals surface area contributed by atoms with Crippen LogP contribution in [0.25, 0.3) is 0 Å². The Hall–Kier alpha value is -1.85. The summed E-state index contributed by atoms with van der Waals surface area (Å²) in [7, 11) is 1.97. The maximum absolute atomic E-state index is 4.67. The van der Waals surface area contributed by atoms with Crippen LogP contribution in [0.5, 0.6) is 0 Å². The van der Waals surface area contributed by atoms with Gasteiger partial charge < -0.3 is 15.2 Å². The highest BCUT2D eigenvalue weighted by molar-refractivity contribution is 5.80. The molecule has 1 heterocycles. The molecule has 0 aromatic carbocycles. The number of aromatic nitrogens is 3. The molecule has 128 valence electrons. The zero-order valence-corrected chi connectivity index (χ0v) is 14.7. The minimum Gasteiger partial charge on any atom is -0.354 e. The summed E-state index contributed by atoms with van der Waals surface area (Å²) in [4.78, 5) is 4.67. The van der Waals surface area contributed by atoms with Gasteiger partial charge in [0.15, 0.2) is 11.8 Å². The van der Waals surface area contributed by atoms with Crippen LogP contribution in [0.15, 0.2) is 17.6 Å². The first-order valence-electron chi connectivity index (χ1n) is 8.64. The molecule has 1 aliphatic rings. The van der Waals surface area contributed by atoms with Crippen molar-refractivity contribution >= 4 is 5.96 Å².